The Bertz CT molecular complexity index is 1120. The number of benzene rings is 2. The molecule has 31 heavy (non-hydrogen) atoms. The van der Waals surface area contributed by atoms with E-state index >= 15 is 0 Å². The highest BCUT2D eigenvalue weighted by Gasteiger charge is 2.37. The third-order valence-electron chi connectivity index (χ3n) is 6.09. The highest BCUT2D eigenvalue weighted by molar-refractivity contribution is 7.92. The zero-order valence-electron chi connectivity index (χ0n) is 18.1. The summed E-state index contributed by atoms with van der Waals surface area (Å²) in [6.07, 6.45) is 2.13. The second-order valence-corrected chi connectivity index (χ2v) is 11.2. The quantitative estimate of drug-likeness (QED) is 0.725. The van der Waals surface area contributed by atoms with Crippen LogP contribution in [0.3, 0.4) is 0 Å². The number of carbonyl (C=O) groups is 1. The van der Waals surface area contributed by atoms with Crippen molar-refractivity contribution in [2.24, 2.45) is 0 Å². The number of nitrogens with one attached hydrogen (secondary N) is 1. The van der Waals surface area contributed by atoms with Gasteiger partial charge in [-0.15, -0.1) is 0 Å². The van der Waals surface area contributed by atoms with Crippen LogP contribution in [-0.2, 0) is 20.2 Å². The molecule has 1 amide bonds. The first-order chi connectivity index (χ1) is 14.6. The van der Waals surface area contributed by atoms with E-state index in [0.29, 0.717) is 23.8 Å². The summed E-state index contributed by atoms with van der Waals surface area (Å²) in [7, 11) is -3.80. The normalized spacial score (nSPS) is 17.7. The molecule has 0 spiro atoms. The monoisotopic (exact) mass is 461 g/mol. The lowest BCUT2D eigenvalue weighted by atomic mass is 9.87. The Labute approximate surface area is 189 Å². The van der Waals surface area contributed by atoms with Crippen molar-refractivity contribution in [2.45, 2.75) is 43.9 Å². The standard InChI is InChI=1S/C23H28ClN3O3S/c1-16-6-8-20(19(24)12-16)25-31(29,30)17-7-9-21-18(13-17)23(2,3)15-27(21)14-22(28)26-10-4-5-11-26/h6-9,12-13,25H,4-5,10-11,14-15H2,1-3H3. The Kier molecular flexibility index (Phi) is 5.68. The van der Waals surface area contributed by atoms with Crippen LogP contribution in [0.5, 0.6) is 0 Å². The van der Waals surface area contributed by atoms with E-state index < -0.39 is 10.0 Å². The highest BCUT2D eigenvalue weighted by atomic mass is 35.5. The van der Waals surface area contributed by atoms with Gasteiger partial charge in [-0.05, 0) is 61.2 Å². The van der Waals surface area contributed by atoms with Gasteiger partial charge in [0.2, 0.25) is 5.91 Å². The minimum Gasteiger partial charge on any atom is -0.361 e. The smallest absolute Gasteiger partial charge is 0.261 e. The Hall–Kier alpha value is -2.25. The van der Waals surface area contributed by atoms with Gasteiger partial charge in [0, 0.05) is 30.7 Å². The van der Waals surface area contributed by atoms with Crippen molar-refractivity contribution in [1.29, 1.82) is 0 Å². The largest absolute Gasteiger partial charge is 0.361 e. The Balaban J connectivity index is 1.60. The van der Waals surface area contributed by atoms with Crippen molar-refractivity contribution in [3.8, 4) is 0 Å². The molecule has 0 unspecified atom stereocenters. The summed E-state index contributed by atoms with van der Waals surface area (Å²) in [4.78, 5) is 16.8. The first kappa shape index (κ1) is 22.0. The summed E-state index contributed by atoms with van der Waals surface area (Å²) >= 11 is 6.21. The SMILES string of the molecule is Cc1ccc(NS(=O)(=O)c2ccc3c(c2)C(C)(C)CN3CC(=O)N2CCCC2)c(Cl)c1. The van der Waals surface area contributed by atoms with Crippen LogP contribution < -0.4 is 9.62 Å². The molecule has 0 atom stereocenters. The molecule has 166 valence electrons. The number of anilines is 2. The van der Waals surface area contributed by atoms with Gasteiger partial charge in [-0.3, -0.25) is 9.52 Å². The summed E-state index contributed by atoms with van der Waals surface area (Å²) in [5, 5.41) is 0.358. The maximum Gasteiger partial charge on any atom is 0.261 e. The molecule has 1 N–H and O–H groups in total. The number of carbonyl (C=O) groups excluding carboxylic acids is 1. The van der Waals surface area contributed by atoms with E-state index in [0.717, 1.165) is 42.7 Å². The molecule has 0 aliphatic carbocycles. The molecule has 1 fully saturated rings. The summed E-state index contributed by atoms with van der Waals surface area (Å²) in [6.45, 7) is 8.69. The van der Waals surface area contributed by atoms with Crippen molar-refractivity contribution < 1.29 is 13.2 Å². The number of likely N-dealkylation sites (tertiary alicyclic amines) is 1. The Morgan fingerprint density at radius 3 is 2.52 bits per heavy atom. The molecule has 2 aromatic rings. The minimum absolute atomic E-state index is 0.133. The Morgan fingerprint density at radius 2 is 1.84 bits per heavy atom. The van der Waals surface area contributed by atoms with Crippen molar-refractivity contribution in [1.82, 2.24) is 4.90 Å². The van der Waals surface area contributed by atoms with Gasteiger partial charge in [0.25, 0.3) is 10.0 Å². The molecule has 2 heterocycles. The lowest BCUT2D eigenvalue weighted by molar-refractivity contribution is -0.128. The van der Waals surface area contributed by atoms with Crippen LogP contribution >= 0.6 is 11.6 Å². The molecule has 8 heteroatoms. The number of amides is 1. The van der Waals surface area contributed by atoms with Gasteiger partial charge < -0.3 is 9.80 Å². The molecule has 0 saturated carbocycles. The lowest BCUT2D eigenvalue weighted by Crippen LogP contribution is -2.40. The second kappa shape index (κ2) is 8.02. The van der Waals surface area contributed by atoms with Crippen LogP contribution in [0.4, 0.5) is 11.4 Å². The summed E-state index contributed by atoms with van der Waals surface area (Å²) in [6, 6.07) is 10.3. The van der Waals surface area contributed by atoms with E-state index in [1.807, 2.05) is 24.0 Å². The highest BCUT2D eigenvalue weighted by Crippen LogP contribution is 2.41. The van der Waals surface area contributed by atoms with Crippen LogP contribution in [0, 0.1) is 6.92 Å². The number of aryl methyl sites for hydroxylation is 1. The van der Waals surface area contributed by atoms with Gasteiger partial charge in [0.15, 0.2) is 0 Å². The number of hydrogen-bond acceptors (Lipinski definition) is 4. The van der Waals surface area contributed by atoms with Crippen LogP contribution in [0.25, 0.3) is 0 Å². The molecule has 0 radical (unpaired) electrons. The zero-order valence-corrected chi connectivity index (χ0v) is 19.7. The van der Waals surface area contributed by atoms with E-state index in [1.54, 1.807) is 24.3 Å². The van der Waals surface area contributed by atoms with Crippen LogP contribution in [0.2, 0.25) is 5.02 Å². The van der Waals surface area contributed by atoms with E-state index in [-0.39, 0.29) is 16.2 Å². The molecular formula is C23H28ClN3O3S. The molecule has 2 aliphatic rings. The van der Waals surface area contributed by atoms with Crippen LogP contribution in [0.15, 0.2) is 41.3 Å². The number of sulfonamides is 1. The fraction of sp³-hybridized carbons (Fsp3) is 0.435. The van der Waals surface area contributed by atoms with Gasteiger partial charge in [0.1, 0.15) is 0 Å². The zero-order chi connectivity index (χ0) is 22.4. The van der Waals surface area contributed by atoms with Crippen molar-refractivity contribution in [3.63, 3.8) is 0 Å². The van der Waals surface area contributed by atoms with E-state index in [9.17, 15) is 13.2 Å². The third-order valence-corrected chi connectivity index (χ3v) is 7.76. The first-order valence-corrected chi connectivity index (χ1v) is 12.4. The molecule has 6 nitrogen and oxygen atoms in total. The Morgan fingerprint density at radius 1 is 1.13 bits per heavy atom. The number of rotatable bonds is 5. The van der Waals surface area contributed by atoms with Crippen molar-refractivity contribution in [3.05, 3.63) is 52.5 Å². The average Bonchev–Trinajstić information content (AvgIpc) is 3.31. The molecule has 1 saturated heterocycles. The van der Waals surface area contributed by atoms with Gasteiger partial charge in [-0.2, -0.15) is 0 Å². The molecule has 0 bridgehead atoms. The summed E-state index contributed by atoms with van der Waals surface area (Å²) in [5.74, 6) is 0.133. The fourth-order valence-corrected chi connectivity index (χ4v) is 5.87. The predicted molar refractivity (Wildman–Crippen MR) is 124 cm³/mol. The summed E-state index contributed by atoms with van der Waals surface area (Å²) in [5.41, 5.74) is 2.89. The predicted octanol–water partition coefficient (Wildman–Crippen LogP) is 4.17. The van der Waals surface area contributed by atoms with Gasteiger partial charge in [0.05, 0.1) is 22.2 Å². The number of nitrogens with zero attached hydrogens (tertiary/aromatic N) is 2. The first-order valence-electron chi connectivity index (χ1n) is 10.5. The maximum absolute atomic E-state index is 13.0. The van der Waals surface area contributed by atoms with Crippen molar-refractivity contribution in [2.75, 3.05) is 35.8 Å². The van der Waals surface area contributed by atoms with Crippen molar-refractivity contribution >= 4 is 38.9 Å². The topological polar surface area (TPSA) is 69.7 Å². The van der Waals surface area contributed by atoms with Gasteiger partial charge in [-0.1, -0.05) is 31.5 Å². The number of fused-ring (bicyclic) bond motifs is 1. The fourth-order valence-electron chi connectivity index (χ4n) is 4.43. The lowest BCUT2D eigenvalue weighted by Gasteiger charge is -2.24. The number of hydrogen-bond donors (Lipinski definition) is 1. The van der Waals surface area contributed by atoms with Crippen LogP contribution in [0.1, 0.15) is 37.8 Å². The van der Waals surface area contributed by atoms with Gasteiger partial charge >= 0.3 is 0 Å². The molecule has 4 rings (SSSR count). The molecule has 2 aliphatic heterocycles. The molecular weight excluding hydrogens is 434 g/mol. The third kappa shape index (κ3) is 4.39. The number of halogens is 1. The average molecular weight is 462 g/mol. The minimum atomic E-state index is -3.80. The van der Waals surface area contributed by atoms with Crippen LogP contribution in [-0.4, -0.2) is 45.4 Å². The van der Waals surface area contributed by atoms with E-state index in [2.05, 4.69) is 23.5 Å². The van der Waals surface area contributed by atoms with E-state index in [4.69, 9.17) is 11.6 Å². The maximum atomic E-state index is 13.0. The summed E-state index contributed by atoms with van der Waals surface area (Å²) < 4.78 is 28.7. The van der Waals surface area contributed by atoms with E-state index in [1.165, 1.54) is 0 Å². The second-order valence-electron chi connectivity index (χ2n) is 9.10. The van der Waals surface area contributed by atoms with Gasteiger partial charge in [-0.25, -0.2) is 8.42 Å². The molecule has 2 aromatic carbocycles. The molecule has 0 aromatic heterocycles.